The summed E-state index contributed by atoms with van der Waals surface area (Å²) in [4.78, 5) is 11.6. The van der Waals surface area contributed by atoms with E-state index < -0.39 is 11.7 Å². The zero-order valence-electron chi connectivity index (χ0n) is 10.4. The molecule has 0 aliphatic carbocycles. The molecule has 0 fully saturated rings. The molecule has 0 spiro atoms. The molecule has 0 saturated heterocycles. The van der Waals surface area contributed by atoms with E-state index in [1.54, 1.807) is 32.9 Å². The molecular formula is C12H14ClNO4. The zero-order valence-corrected chi connectivity index (χ0v) is 11.1. The van der Waals surface area contributed by atoms with Crippen LogP contribution < -0.4 is 14.8 Å². The van der Waals surface area contributed by atoms with Crippen molar-refractivity contribution in [1.29, 1.82) is 0 Å². The first-order chi connectivity index (χ1) is 8.37. The Labute approximate surface area is 110 Å². The van der Waals surface area contributed by atoms with Gasteiger partial charge in [-0.05, 0) is 32.9 Å². The lowest BCUT2D eigenvalue weighted by Gasteiger charge is -2.20. The Kier molecular flexibility index (Phi) is 3.26. The predicted molar refractivity (Wildman–Crippen MR) is 67.4 cm³/mol. The summed E-state index contributed by atoms with van der Waals surface area (Å²) in [6, 6.07) is 3.32. The maximum Gasteiger partial charge on any atom is 0.412 e. The van der Waals surface area contributed by atoms with E-state index >= 15 is 0 Å². The van der Waals surface area contributed by atoms with Gasteiger partial charge in [0.25, 0.3) is 0 Å². The summed E-state index contributed by atoms with van der Waals surface area (Å²) >= 11 is 6.09. The molecule has 1 aliphatic rings. The van der Waals surface area contributed by atoms with Crippen molar-refractivity contribution in [3.05, 3.63) is 17.2 Å². The van der Waals surface area contributed by atoms with Crippen LogP contribution in [-0.4, -0.2) is 18.5 Å². The van der Waals surface area contributed by atoms with Crippen LogP contribution >= 0.6 is 11.6 Å². The lowest BCUT2D eigenvalue weighted by molar-refractivity contribution is 0.0636. The fourth-order valence-corrected chi connectivity index (χ4v) is 1.71. The number of carbonyl (C=O) groups is 1. The van der Waals surface area contributed by atoms with E-state index in [-0.39, 0.29) is 6.79 Å². The highest BCUT2D eigenvalue weighted by molar-refractivity contribution is 6.35. The number of hydrogen-bond donors (Lipinski definition) is 1. The van der Waals surface area contributed by atoms with Crippen molar-refractivity contribution in [3.63, 3.8) is 0 Å². The second kappa shape index (κ2) is 4.57. The number of nitrogens with one attached hydrogen (secondary N) is 1. The topological polar surface area (TPSA) is 56.8 Å². The summed E-state index contributed by atoms with van der Waals surface area (Å²) in [6.45, 7) is 5.49. The third-order valence-corrected chi connectivity index (χ3v) is 2.49. The molecule has 0 aromatic heterocycles. The molecule has 0 radical (unpaired) electrons. The second-order valence-electron chi connectivity index (χ2n) is 4.79. The Balaban J connectivity index is 2.13. The van der Waals surface area contributed by atoms with Crippen LogP contribution in [0.4, 0.5) is 10.5 Å². The second-order valence-corrected chi connectivity index (χ2v) is 5.17. The minimum atomic E-state index is -0.566. The number of fused-ring (bicyclic) bond motifs is 1. The van der Waals surface area contributed by atoms with Crippen molar-refractivity contribution < 1.29 is 19.0 Å². The SMILES string of the molecule is CC(C)(C)OC(=O)Nc1ccc2c(c1Cl)OCO2. The van der Waals surface area contributed by atoms with Crippen LogP contribution in [0.25, 0.3) is 0 Å². The minimum Gasteiger partial charge on any atom is -0.454 e. The fourth-order valence-electron chi connectivity index (χ4n) is 1.45. The van der Waals surface area contributed by atoms with Gasteiger partial charge in [0.05, 0.1) is 5.69 Å². The third-order valence-electron chi connectivity index (χ3n) is 2.11. The molecular weight excluding hydrogens is 258 g/mol. The molecule has 1 aromatic carbocycles. The van der Waals surface area contributed by atoms with E-state index in [0.717, 1.165) is 0 Å². The van der Waals surface area contributed by atoms with Crippen molar-refractivity contribution in [2.75, 3.05) is 12.1 Å². The average Bonchev–Trinajstić information content (AvgIpc) is 2.68. The van der Waals surface area contributed by atoms with Gasteiger partial charge < -0.3 is 14.2 Å². The maximum absolute atomic E-state index is 11.6. The number of rotatable bonds is 1. The van der Waals surface area contributed by atoms with Crippen molar-refractivity contribution in [1.82, 2.24) is 0 Å². The molecule has 0 unspecified atom stereocenters. The van der Waals surface area contributed by atoms with Gasteiger partial charge in [0.15, 0.2) is 11.5 Å². The molecule has 98 valence electrons. The summed E-state index contributed by atoms with van der Waals surface area (Å²) in [5, 5.41) is 2.87. The summed E-state index contributed by atoms with van der Waals surface area (Å²) in [6.07, 6.45) is -0.566. The Morgan fingerprint density at radius 3 is 2.78 bits per heavy atom. The molecule has 18 heavy (non-hydrogen) atoms. The fraction of sp³-hybridized carbons (Fsp3) is 0.417. The van der Waals surface area contributed by atoms with Crippen LogP contribution in [0.2, 0.25) is 5.02 Å². The highest BCUT2D eigenvalue weighted by Gasteiger charge is 2.22. The van der Waals surface area contributed by atoms with Crippen LogP contribution in [0.5, 0.6) is 11.5 Å². The van der Waals surface area contributed by atoms with Gasteiger partial charge in [-0.3, -0.25) is 5.32 Å². The van der Waals surface area contributed by atoms with E-state index in [4.69, 9.17) is 25.8 Å². The number of halogens is 1. The van der Waals surface area contributed by atoms with Crippen LogP contribution in [0, 0.1) is 0 Å². The normalized spacial score (nSPS) is 13.3. The highest BCUT2D eigenvalue weighted by Crippen LogP contribution is 2.43. The molecule has 0 saturated carbocycles. The van der Waals surface area contributed by atoms with Gasteiger partial charge in [-0.25, -0.2) is 4.79 Å². The first-order valence-corrected chi connectivity index (χ1v) is 5.83. The van der Waals surface area contributed by atoms with Gasteiger partial charge >= 0.3 is 6.09 Å². The zero-order chi connectivity index (χ0) is 13.3. The molecule has 1 aliphatic heterocycles. The molecule has 5 nitrogen and oxygen atoms in total. The Morgan fingerprint density at radius 1 is 1.39 bits per heavy atom. The van der Waals surface area contributed by atoms with Crippen molar-refractivity contribution >= 4 is 23.4 Å². The summed E-state index contributed by atoms with van der Waals surface area (Å²) in [7, 11) is 0. The molecule has 1 aromatic rings. The molecule has 6 heteroatoms. The number of benzene rings is 1. The molecule has 1 amide bonds. The Hall–Kier alpha value is -1.62. The minimum absolute atomic E-state index is 0.130. The van der Waals surface area contributed by atoms with Crippen molar-refractivity contribution in [2.45, 2.75) is 26.4 Å². The van der Waals surface area contributed by atoms with Crippen molar-refractivity contribution in [2.24, 2.45) is 0 Å². The van der Waals surface area contributed by atoms with E-state index in [1.807, 2.05) is 0 Å². The monoisotopic (exact) mass is 271 g/mol. The number of ether oxygens (including phenoxy) is 3. The summed E-state index contributed by atoms with van der Waals surface area (Å²) < 4.78 is 15.5. The molecule has 0 bridgehead atoms. The van der Waals surface area contributed by atoms with Gasteiger partial charge in [-0.2, -0.15) is 0 Å². The first kappa shape index (κ1) is 12.8. The Morgan fingerprint density at radius 2 is 2.11 bits per heavy atom. The molecule has 2 rings (SSSR count). The first-order valence-electron chi connectivity index (χ1n) is 5.45. The quantitative estimate of drug-likeness (QED) is 0.850. The van der Waals surface area contributed by atoms with E-state index in [9.17, 15) is 4.79 Å². The summed E-state index contributed by atoms with van der Waals surface area (Å²) in [5.41, 5.74) is -0.137. The van der Waals surface area contributed by atoms with Crippen LogP contribution in [0.1, 0.15) is 20.8 Å². The van der Waals surface area contributed by atoms with E-state index in [1.165, 1.54) is 0 Å². The Bertz CT molecular complexity index is 482. The number of anilines is 1. The average molecular weight is 272 g/mol. The van der Waals surface area contributed by atoms with Crippen LogP contribution in [-0.2, 0) is 4.74 Å². The third kappa shape index (κ3) is 2.79. The van der Waals surface area contributed by atoms with Gasteiger partial charge in [0.2, 0.25) is 6.79 Å². The van der Waals surface area contributed by atoms with Gasteiger partial charge in [-0.15, -0.1) is 0 Å². The van der Waals surface area contributed by atoms with Gasteiger partial charge in [0, 0.05) is 0 Å². The number of amides is 1. The number of carbonyl (C=O) groups excluding carboxylic acids is 1. The lowest BCUT2D eigenvalue weighted by Crippen LogP contribution is -2.27. The standard InChI is InChI=1S/C12H14ClNO4/c1-12(2,3)18-11(15)14-7-4-5-8-10(9(7)13)17-6-16-8/h4-5H,6H2,1-3H3,(H,14,15). The predicted octanol–water partition coefficient (Wildman–Crippen LogP) is 3.42. The molecule has 1 N–H and O–H groups in total. The lowest BCUT2D eigenvalue weighted by atomic mass is 10.2. The molecule has 1 heterocycles. The van der Waals surface area contributed by atoms with Crippen LogP contribution in [0.15, 0.2) is 12.1 Å². The maximum atomic E-state index is 11.6. The van der Waals surface area contributed by atoms with Crippen LogP contribution in [0.3, 0.4) is 0 Å². The smallest absolute Gasteiger partial charge is 0.412 e. The number of hydrogen-bond acceptors (Lipinski definition) is 4. The highest BCUT2D eigenvalue weighted by atomic mass is 35.5. The van der Waals surface area contributed by atoms with Crippen molar-refractivity contribution in [3.8, 4) is 11.5 Å². The largest absolute Gasteiger partial charge is 0.454 e. The van der Waals surface area contributed by atoms with Gasteiger partial charge in [0.1, 0.15) is 10.6 Å². The summed E-state index contributed by atoms with van der Waals surface area (Å²) in [5.74, 6) is 1.000. The van der Waals surface area contributed by atoms with E-state index in [0.29, 0.717) is 22.2 Å². The van der Waals surface area contributed by atoms with E-state index in [2.05, 4.69) is 5.32 Å². The van der Waals surface area contributed by atoms with Gasteiger partial charge in [-0.1, -0.05) is 11.6 Å². The molecule has 0 atom stereocenters.